The van der Waals surface area contributed by atoms with E-state index in [4.69, 9.17) is 11.6 Å². The number of hydrogen-bond acceptors (Lipinski definition) is 3. The van der Waals surface area contributed by atoms with Gasteiger partial charge in [0.15, 0.2) is 5.78 Å². The summed E-state index contributed by atoms with van der Waals surface area (Å²) in [5.41, 5.74) is 1.69. The zero-order valence-electron chi connectivity index (χ0n) is 15.7. The van der Waals surface area contributed by atoms with Crippen LogP contribution in [-0.2, 0) is 16.0 Å². The summed E-state index contributed by atoms with van der Waals surface area (Å²) in [4.78, 5) is 27.6. The molecule has 4 rings (SSSR count). The fourth-order valence-corrected chi connectivity index (χ4v) is 5.43. The molecule has 1 heterocycles. The molecule has 0 N–H and O–H groups in total. The van der Waals surface area contributed by atoms with Crippen LogP contribution in [0.5, 0.6) is 0 Å². The van der Waals surface area contributed by atoms with Gasteiger partial charge >= 0.3 is 0 Å². The van der Waals surface area contributed by atoms with Crippen LogP contribution in [0.1, 0.15) is 50.2 Å². The monoisotopic (exact) mass is 382 g/mol. The normalized spacial score (nSPS) is 28.8. The first-order chi connectivity index (χ1) is 12.7. The Morgan fingerprint density at radius 1 is 1.37 bits per heavy atom. The van der Waals surface area contributed by atoms with Crippen LogP contribution in [0.4, 0.5) is 0 Å². The third kappa shape index (κ3) is 2.99. The predicted octanol–water partition coefficient (Wildman–Crippen LogP) is 4.04. The number of aryl methyl sites for hydroxylation is 1. The lowest BCUT2D eigenvalue weighted by atomic mass is 9.64. The Labute approximate surface area is 164 Å². The van der Waals surface area contributed by atoms with Gasteiger partial charge in [0.05, 0.1) is 11.5 Å². The Kier molecular flexibility index (Phi) is 4.20. The molecule has 1 amide bonds. The maximum absolute atomic E-state index is 13.2. The quantitative estimate of drug-likeness (QED) is 0.736. The van der Waals surface area contributed by atoms with Crippen LogP contribution in [0.3, 0.4) is 0 Å². The highest BCUT2D eigenvalue weighted by Gasteiger charge is 2.49. The molecule has 0 aromatic heterocycles. The number of Topliss-reactive ketones (excluding diaryl/α,β-unsaturated/α-hetero) is 1. The molecule has 1 saturated heterocycles. The van der Waals surface area contributed by atoms with Crippen molar-refractivity contribution in [2.75, 3.05) is 13.1 Å². The Bertz CT molecular complexity index is 911. The van der Waals surface area contributed by atoms with Crippen molar-refractivity contribution in [2.45, 2.75) is 45.4 Å². The minimum Gasteiger partial charge on any atom is -0.341 e. The number of halogens is 1. The highest BCUT2D eigenvalue weighted by atomic mass is 35.5. The van der Waals surface area contributed by atoms with Crippen LogP contribution in [0.2, 0.25) is 5.02 Å². The van der Waals surface area contributed by atoms with Crippen LogP contribution in [0, 0.1) is 22.2 Å². The van der Waals surface area contributed by atoms with Gasteiger partial charge in [0.1, 0.15) is 6.07 Å². The van der Waals surface area contributed by atoms with Gasteiger partial charge in [0, 0.05) is 28.9 Å². The topological polar surface area (TPSA) is 61.2 Å². The molecule has 27 heavy (non-hydrogen) atoms. The number of carbonyl (C=O) groups excluding carboxylic acids is 2. The lowest BCUT2D eigenvalue weighted by Gasteiger charge is -2.38. The van der Waals surface area contributed by atoms with Gasteiger partial charge in [0.25, 0.3) is 0 Å². The third-order valence-corrected chi connectivity index (χ3v) is 6.64. The fourth-order valence-electron chi connectivity index (χ4n) is 5.24. The second kappa shape index (κ2) is 6.21. The SMILES string of the molecule is CC1(C)C[C@]2(C=C(C#N)C1=O)CCN(C(=O)C1CCc3cc(Cl)ccc31)C2. The van der Waals surface area contributed by atoms with Crippen molar-refractivity contribution in [1.82, 2.24) is 4.90 Å². The minimum absolute atomic E-state index is 0.0815. The molecule has 0 radical (unpaired) electrons. The van der Waals surface area contributed by atoms with Gasteiger partial charge in [-0.1, -0.05) is 37.6 Å². The van der Waals surface area contributed by atoms with E-state index in [1.54, 1.807) is 0 Å². The van der Waals surface area contributed by atoms with Gasteiger partial charge in [-0.25, -0.2) is 0 Å². The number of carbonyl (C=O) groups is 2. The first-order valence-electron chi connectivity index (χ1n) is 9.50. The van der Waals surface area contributed by atoms with Crippen molar-refractivity contribution in [1.29, 1.82) is 5.26 Å². The maximum atomic E-state index is 13.2. The third-order valence-electron chi connectivity index (χ3n) is 6.40. The lowest BCUT2D eigenvalue weighted by molar-refractivity contribution is -0.132. The molecule has 1 fully saturated rings. The van der Waals surface area contributed by atoms with E-state index in [2.05, 4.69) is 6.07 Å². The molecule has 4 nitrogen and oxygen atoms in total. The van der Waals surface area contributed by atoms with Gasteiger partial charge in [-0.3, -0.25) is 9.59 Å². The summed E-state index contributed by atoms with van der Waals surface area (Å²) in [6, 6.07) is 7.88. The van der Waals surface area contributed by atoms with Gasteiger partial charge in [0.2, 0.25) is 5.91 Å². The number of nitrogens with zero attached hydrogens (tertiary/aromatic N) is 2. The predicted molar refractivity (Wildman–Crippen MR) is 103 cm³/mol. The number of nitriles is 1. The van der Waals surface area contributed by atoms with E-state index in [0.29, 0.717) is 24.5 Å². The largest absolute Gasteiger partial charge is 0.341 e. The summed E-state index contributed by atoms with van der Waals surface area (Å²) >= 11 is 6.09. The van der Waals surface area contributed by atoms with Crippen molar-refractivity contribution in [3.05, 3.63) is 46.0 Å². The van der Waals surface area contributed by atoms with E-state index >= 15 is 0 Å². The molecular weight excluding hydrogens is 360 g/mol. The Morgan fingerprint density at radius 2 is 2.15 bits per heavy atom. The van der Waals surface area contributed by atoms with Crippen LogP contribution < -0.4 is 0 Å². The van der Waals surface area contributed by atoms with E-state index in [0.717, 1.165) is 24.8 Å². The molecule has 0 saturated carbocycles. The zero-order valence-corrected chi connectivity index (χ0v) is 16.5. The average Bonchev–Trinajstić information content (AvgIpc) is 3.21. The number of likely N-dealkylation sites (tertiary alicyclic amines) is 1. The first-order valence-corrected chi connectivity index (χ1v) is 9.87. The van der Waals surface area contributed by atoms with Gasteiger partial charge in [-0.2, -0.15) is 5.26 Å². The molecule has 2 aliphatic carbocycles. The van der Waals surface area contributed by atoms with Gasteiger partial charge < -0.3 is 4.90 Å². The number of benzene rings is 1. The van der Waals surface area contributed by atoms with Crippen LogP contribution >= 0.6 is 11.6 Å². The summed E-state index contributed by atoms with van der Waals surface area (Å²) in [5, 5.41) is 10.1. The highest BCUT2D eigenvalue weighted by molar-refractivity contribution is 6.30. The lowest BCUT2D eigenvalue weighted by Crippen LogP contribution is -2.41. The van der Waals surface area contributed by atoms with Gasteiger partial charge in [-0.15, -0.1) is 0 Å². The molecule has 3 aliphatic rings. The van der Waals surface area contributed by atoms with E-state index in [9.17, 15) is 14.9 Å². The molecule has 1 unspecified atom stereocenters. The molecule has 0 bridgehead atoms. The van der Waals surface area contributed by atoms with Crippen LogP contribution in [-0.4, -0.2) is 29.7 Å². The average molecular weight is 383 g/mol. The Balaban J connectivity index is 1.57. The molecule has 1 aromatic carbocycles. The number of rotatable bonds is 1. The number of allylic oxidation sites excluding steroid dienone is 1. The fraction of sp³-hybridized carbons (Fsp3) is 0.500. The summed E-state index contributed by atoms with van der Waals surface area (Å²) in [5.74, 6) is -0.0263. The summed E-state index contributed by atoms with van der Waals surface area (Å²) < 4.78 is 0. The summed E-state index contributed by atoms with van der Waals surface area (Å²) in [6.07, 6.45) is 5.04. The second-order valence-corrected chi connectivity index (χ2v) is 9.30. The van der Waals surface area contributed by atoms with E-state index in [1.165, 1.54) is 5.56 Å². The smallest absolute Gasteiger partial charge is 0.230 e. The Hall–Kier alpha value is -2.12. The molecule has 5 heteroatoms. The first kappa shape index (κ1) is 18.3. The molecule has 140 valence electrons. The number of ketones is 1. The molecule has 1 spiro atoms. The highest BCUT2D eigenvalue weighted by Crippen LogP contribution is 2.48. The number of fused-ring (bicyclic) bond motifs is 1. The van der Waals surface area contributed by atoms with Gasteiger partial charge in [-0.05, 0) is 48.9 Å². The summed E-state index contributed by atoms with van der Waals surface area (Å²) in [7, 11) is 0. The standard InChI is InChI=1S/C22H23ClN2O2/c1-21(2)12-22(10-15(11-24)19(21)26)7-8-25(13-22)20(27)18-5-3-14-9-16(23)4-6-17(14)18/h4,6,9-10,18H,3,5,7-8,12-13H2,1-2H3/t18?,22-/m1/s1. The molecule has 1 aromatic rings. The number of hydrogen-bond donors (Lipinski definition) is 0. The maximum Gasteiger partial charge on any atom is 0.230 e. The van der Waals surface area contributed by atoms with E-state index in [-0.39, 0.29) is 28.6 Å². The van der Waals surface area contributed by atoms with Crippen molar-refractivity contribution >= 4 is 23.3 Å². The molecule has 2 atom stereocenters. The van der Waals surface area contributed by atoms with Crippen LogP contribution in [0.25, 0.3) is 0 Å². The second-order valence-electron chi connectivity index (χ2n) is 8.87. The van der Waals surface area contributed by atoms with Crippen molar-refractivity contribution in [3.8, 4) is 6.07 Å². The van der Waals surface area contributed by atoms with Crippen molar-refractivity contribution in [2.24, 2.45) is 10.8 Å². The zero-order chi connectivity index (χ0) is 19.4. The Morgan fingerprint density at radius 3 is 2.89 bits per heavy atom. The minimum atomic E-state index is -0.560. The molecule has 1 aliphatic heterocycles. The van der Waals surface area contributed by atoms with Crippen LogP contribution in [0.15, 0.2) is 29.8 Å². The summed E-state index contributed by atoms with van der Waals surface area (Å²) in [6.45, 7) is 5.08. The number of amides is 1. The van der Waals surface area contributed by atoms with Crippen molar-refractivity contribution < 1.29 is 9.59 Å². The van der Waals surface area contributed by atoms with Crippen molar-refractivity contribution in [3.63, 3.8) is 0 Å². The van der Waals surface area contributed by atoms with E-state index < -0.39 is 5.41 Å². The molecular formula is C22H23ClN2O2. The van der Waals surface area contributed by atoms with E-state index in [1.807, 2.05) is 43.0 Å².